The molecule has 0 aliphatic carbocycles. The molecule has 4 nitrogen and oxygen atoms in total. The van der Waals surface area contributed by atoms with Crippen LogP contribution in [0, 0.1) is 0 Å². The molecule has 0 amide bonds. The monoisotopic (exact) mass is 200 g/mol. The summed E-state index contributed by atoms with van der Waals surface area (Å²) in [5.74, 6) is 6.43. The molecule has 0 aromatic heterocycles. The summed E-state index contributed by atoms with van der Waals surface area (Å²) in [6.45, 7) is 5.53. The number of nitrogens with one attached hydrogen (secondary N) is 1. The minimum absolute atomic E-state index is 0.0116. The second kappa shape index (κ2) is 6.01. The summed E-state index contributed by atoms with van der Waals surface area (Å²) < 4.78 is 11.1. The largest absolute Gasteiger partial charge is 0.496 e. The first kappa shape index (κ1) is 11.5. The van der Waals surface area contributed by atoms with Crippen molar-refractivity contribution in [3.63, 3.8) is 0 Å². The molecule has 1 heterocycles. The van der Waals surface area contributed by atoms with Gasteiger partial charge in [0.15, 0.2) is 0 Å². The maximum absolute atomic E-state index is 5.59. The first-order valence-corrected chi connectivity index (χ1v) is 5.24. The van der Waals surface area contributed by atoms with Gasteiger partial charge in [0, 0.05) is 13.0 Å². The zero-order chi connectivity index (χ0) is 10.4. The van der Waals surface area contributed by atoms with E-state index in [1.807, 2.05) is 6.92 Å². The van der Waals surface area contributed by atoms with E-state index < -0.39 is 0 Å². The Kier molecular flexibility index (Phi) is 4.93. The number of nitrogens with two attached hydrogens (primary N) is 1. The zero-order valence-corrected chi connectivity index (χ0v) is 8.95. The average molecular weight is 200 g/mol. The van der Waals surface area contributed by atoms with Gasteiger partial charge in [-0.3, -0.25) is 5.84 Å². The van der Waals surface area contributed by atoms with E-state index in [0.717, 1.165) is 25.2 Å². The van der Waals surface area contributed by atoms with E-state index in [4.69, 9.17) is 15.3 Å². The predicted molar refractivity (Wildman–Crippen MR) is 55.5 cm³/mol. The summed E-state index contributed by atoms with van der Waals surface area (Å²) in [6.07, 6.45) is 4.06. The highest BCUT2D eigenvalue weighted by atomic mass is 16.5. The van der Waals surface area contributed by atoms with Gasteiger partial charge in [-0.05, 0) is 19.4 Å². The van der Waals surface area contributed by atoms with Crippen LogP contribution >= 0.6 is 0 Å². The predicted octanol–water partition coefficient (Wildman–Crippen LogP) is 0.938. The van der Waals surface area contributed by atoms with Gasteiger partial charge in [0.2, 0.25) is 0 Å². The molecule has 0 aromatic carbocycles. The number of hydrogen-bond acceptors (Lipinski definition) is 4. The van der Waals surface area contributed by atoms with Gasteiger partial charge >= 0.3 is 0 Å². The molecule has 0 spiro atoms. The Bertz CT molecular complexity index is 195. The number of ether oxygens (including phenoxy) is 2. The average Bonchev–Trinajstić information content (AvgIpc) is 2.71. The van der Waals surface area contributed by atoms with Crippen molar-refractivity contribution in [2.75, 3.05) is 13.2 Å². The fourth-order valence-electron chi connectivity index (χ4n) is 1.69. The van der Waals surface area contributed by atoms with Gasteiger partial charge in [0.05, 0.1) is 12.7 Å². The van der Waals surface area contributed by atoms with E-state index in [9.17, 15) is 0 Å². The second-order valence-corrected chi connectivity index (χ2v) is 3.29. The molecule has 0 bridgehead atoms. The van der Waals surface area contributed by atoms with Crippen molar-refractivity contribution < 1.29 is 9.47 Å². The van der Waals surface area contributed by atoms with E-state index in [1.54, 1.807) is 0 Å². The van der Waals surface area contributed by atoms with Crippen molar-refractivity contribution in [1.82, 2.24) is 5.43 Å². The first-order chi connectivity index (χ1) is 6.83. The van der Waals surface area contributed by atoms with Crippen LogP contribution in [-0.4, -0.2) is 25.4 Å². The van der Waals surface area contributed by atoms with Crippen molar-refractivity contribution in [2.45, 2.75) is 38.8 Å². The molecule has 1 aliphatic heterocycles. The molecule has 4 heteroatoms. The third kappa shape index (κ3) is 2.70. The van der Waals surface area contributed by atoms with Gasteiger partial charge in [0.25, 0.3) is 0 Å². The highest BCUT2D eigenvalue weighted by molar-refractivity contribution is 5.09. The molecule has 14 heavy (non-hydrogen) atoms. The van der Waals surface area contributed by atoms with Crippen LogP contribution in [0.15, 0.2) is 11.8 Å². The van der Waals surface area contributed by atoms with E-state index in [2.05, 4.69) is 18.4 Å². The molecular weight excluding hydrogens is 180 g/mol. The number of rotatable bonds is 6. The molecule has 82 valence electrons. The summed E-state index contributed by atoms with van der Waals surface area (Å²) in [5, 5.41) is 0. The van der Waals surface area contributed by atoms with Crippen molar-refractivity contribution >= 4 is 0 Å². The van der Waals surface area contributed by atoms with Gasteiger partial charge < -0.3 is 9.47 Å². The lowest BCUT2D eigenvalue weighted by Crippen LogP contribution is -2.46. The van der Waals surface area contributed by atoms with Crippen LogP contribution < -0.4 is 11.3 Å². The molecule has 1 aliphatic rings. The maximum atomic E-state index is 5.59. The van der Waals surface area contributed by atoms with Gasteiger partial charge in [-0.2, -0.15) is 0 Å². The van der Waals surface area contributed by atoms with Crippen LogP contribution in [0.4, 0.5) is 0 Å². The van der Waals surface area contributed by atoms with Crippen LogP contribution in [0.3, 0.4) is 0 Å². The summed E-state index contributed by atoms with van der Waals surface area (Å²) >= 11 is 0. The van der Waals surface area contributed by atoms with Gasteiger partial charge in [-0.25, -0.2) is 5.43 Å². The Balaban J connectivity index is 2.57. The van der Waals surface area contributed by atoms with E-state index in [0.29, 0.717) is 6.61 Å². The van der Waals surface area contributed by atoms with E-state index in [1.165, 1.54) is 0 Å². The van der Waals surface area contributed by atoms with Gasteiger partial charge in [-0.1, -0.05) is 6.92 Å². The summed E-state index contributed by atoms with van der Waals surface area (Å²) in [6, 6.07) is -0.0116. The maximum Gasteiger partial charge on any atom is 0.113 e. The molecule has 1 rings (SSSR count). The van der Waals surface area contributed by atoms with Crippen LogP contribution in [0.1, 0.15) is 26.7 Å². The fourth-order valence-corrected chi connectivity index (χ4v) is 1.69. The Morgan fingerprint density at radius 2 is 2.43 bits per heavy atom. The first-order valence-electron chi connectivity index (χ1n) is 5.24. The molecule has 0 saturated heterocycles. The highest BCUT2D eigenvalue weighted by Crippen LogP contribution is 2.18. The third-order valence-electron chi connectivity index (χ3n) is 2.37. The Hall–Kier alpha value is -0.580. The Morgan fingerprint density at radius 3 is 2.86 bits per heavy atom. The van der Waals surface area contributed by atoms with E-state index >= 15 is 0 Å². The minimum Gasteiger partial charge on any atom is -0.496 e. The SMILES string of the molecule is CCOC(CC)C(NN)C1=CCCO1. The van der Waals surface area contributed by atoms with Crippen molar-refractivity contribution in [2.24, 2.45) is 5.84 Å². The van der Waals surface area contributed by atoms with E-state index in [-0.39, 0.29) is 12.1 Å². The van der Waals surface area contributed by atoms with Gasteiger partial charge in [0.1, 0.15) is 11.8 Å². The number of hydrogen-bond donors (Lipinski definition) is 2. The van der Waals surface area contributed by atoms with Crippen molar-refractivity contribution in [3.8, 4) is 0 Å². The smallest absolute Gasteiger partial charge is 0.113 e. The molecule has 0 radical (unpaired) electrons. The molecule has 0 fully saturated rings. The van der Waals surface area contributed by atoms with Crippen molar-refractivity contribution in [1.29, 1.82) is 0 Å². The van der Waals surface area contributed by atoms with Crippen molar-refractivity contribution in [3.05, 3.63) is 11.8 Å². The lowest BCUT2D eigenvalue weighted by Gasteiger charge is -2.25. The molecule has 0 aromatic rings. The normalized spacial score (nSPS) is 20.1. The summed E-state index contributed by atoms with van der Waals surface area (Å²) in [7, 11) is 0. The van der Waals surface area contributed by atoms with Crippen LogP contribution in [0.5, 0.6) is 0 Å². The molecule has 2 unspecified atom stereocenters. The third-order valence-corrected chi connectivity index (χ3v) is 2.37. The second-order valence-electron chi connectivity index (χ2n) is 3.29. The molecule has 3 N–H and O–H groups in total. The minimum atomic E-state index is -0.0116. The standard InChI is InChI=1S/C10H20N2O2/c1-3-8(13-4-2)10(12-11)9-6-5-7-14-9/h6,8,10,12H,3-5,7,11H2,1-2H3. The molecular formula is C10H20N2O2. The van der Waals surface area contributed by atoms with Crippen LogP contribution in [0.2, 0.25) is 0 Å². The Morgan fingerprint density at radius 1 is 1.64 bits per heavy atom. The molecule has 0 saturated carbocycles. The quantitative estimate of drug-likeness (QED) is 0.495. The van der Waals surface area contributed by atoms with Crippen LogP contribution in [0.25, 0.3) is 0 Å². The summed E-state index contributed by atoms with van der Waals surface area (Å²) in [5.41, 5.74) is 2.76. The molecule has 2 atom stereocenters. The number of hydrazine groups is 1. The summed E-state index contributed by atoms with van der Waals surface area (Å²) in [4.78, 5) is 0. The zero-order valence-electron chi connectivity index (χ0n) is 8.95. The Labute approximate surface area is 85.4 Å². The lowest BCUT2D eigenvalue weighted by molar-refractivity contribution is 0.0262. The lowest BCUT2D eigenvalue weighted by atomic mass is 10.1. The highest BCUT2D eigenvalue weighted by Gasteiger charge is 2.26. The topological polar surface area (TPSA) is 56.5 Å². The van der Waals surface area contributed by atoms with Crippen LogP contribution in [-0.2, 0) is 9.47 Å². The fraction of sp³-hybridized carbons (Fsp3) is 0.800. The van der Waals surface area contributed by atoms with Gasteiger partial charge in [-0.15, -0.1) is 0 Å².